The summed E-state index contributed by atoms with van der Waals surface area (Å²) in [6.45, 7) is 0.176. The van der Waals surface area contributed by atoms with Crippen molar-refractivity contribution in [1.82, 2.24) is 9.97 Å². The number of rotatable bonds is 10. The lowest BCUT2D eigenvalue weighted by Gasteiger charge is -2.29. The number of hydrogen-bond acceptors (Lipinski definition) is 5. The highest BCUT2D eigenvalue weighted by molar-refractivity contribution is 5.14. The van der Waals surface area contributed by atoms with Crippen LogP contribution in [0.3, 0.4) is 0 Å². The normalized spacial score (nSPS) is 14.6. The van der Waals surface area contributed by atoms with Crippen molar-refractivity contribution in [2.45, 2.75) is 31.5 Å². The second-order valence-electron chi connectivity index (χ2n) is 6.20. The zero-order valence-corrected chi connectivity index (χ0v) is 14.9. The van der Waals surface area contributed by atoms with Crippen molar-refractivity contribution >= 4 is 0 Å². The number of ether oxygens (including phenoxy) is 2. The van der Waals surface area contributed by atoms with Gasteiger partial charge in [0.2, 0.25) is 0 Å². The monoisotopic (exact) mass is 368 g/mol. The number of hydrogen-bond donors (Lipinski definition) is 3. The van der Waals surface area contributed by atoms with Crippen molar-refractivity contribution in [3.05, 3.63) is 90.0 Å². The van der Waals surface area contributed by atoms with Gasteiger partial charge in [-0.1, -0.05) is 60.7 Å². The van der Waals surface area contributed by atoms with Crippen LogP contribution < -0.4 is 0 Å². The Morgan fingerprint density at radius 3 is 2.00 bits per heavy atom. The van der Waals surface area contributed by atoms with E-state index in [-0.39, 0.29) is 6.61 Å². The molecule has 0 amide bonds. The second-order valence-corrected chi connectivity index (χ2v) is 6.20. The molecule has 0 aliphatic rings. The maximum absolute atomic E-state index is 10.4. The molecule has 0 bridgehead atoms. The van der Waals surface area contributed by atoms with Crippen molar-refractivity contribution in [2.24, 2.45) is 0 Å². The second kappa shape index (κ2) is 9.99. The molecule has 6 nitrogen and oxygen atoms in total. The van der Waals surface area contributed by atoms with Gasteiger partial charge in [-0.3, -0.25) is 0 Å². The average Bonchev–Trinajstić information content (AvgIpc) is 3.26. The third kappa shape index (κ3) is 5.48. The number of aromatic nitrogens is 2. The van der Waals surface area contributed by atoms with Crippen molar-refractivity contribution in [3.8, 4) is 0 Å². The zero-order valence-electron chi connectivity index (χ0n) is 14.9. The van der Waals surface area contributed by atoms with E-state index >= 15 is 0 Å². The molecule has 3 N–H and O–H groups in total. The minimum Gasteiger partial charge on any atom is -0.394 e. The Kier molecular flexibility index (Phi) is 7.12. The maximum Gasteiger partial charge on any atom is 0.144 e. The molecular formula is C21H24N2O4. The molecule has 3 atom stereocenters. The van der Waals surface area contributed by atoms with Crippen LogP contribution in [0.2, 0.25) is 0 Å². The molecule has 0 saturated heterocycles. The zero-order chi connectivity index (χ0) is 18.9. The minimum absolute atomic E-state index is 0.286. The molecule has 3 rings (SSSR count). The van der Waals surface area contributed by atoms with Crippen molar-refractivity contribution in [2.75, 3.05) is 6.61 Å². The van der Waals surface area contributed by atoms with E-state index in [9.17, 15) is 10.2 Å². The molecule has 0 saturated carbocycles. The van der Waals surface area contributed by atoms with E-state index in [0.29, 0.717) is 12.4 Å². The number of nitrogens with zero attached hydrogens (tertiary/aromatic N) is 1. The molecule has 0 fully saturated rings. The van der Waals surface area contributed by atoms with Gasteiger partial charge in [0.25, 0.3) is 0 Å². The van der Waals surface area contributed by atoms with E-state index in [1.807, 2.05) is 60.7 Å². The fourth-order valence-corrected chi connectivity index (χ4v) is 2.79. The number of benzene rings is 2. The highest BCUT2D eigenvalue weighted by Gasteiger charge is 2.33. The van der Waals surface area contributed by atoms with Crippen molar-refractivity contribution < 1.29 is 19.7 Å². The summed E-state index contributed by atoms with van der Waals surface area (Å²) >= 11 is 0. The molecule has 0 spiro atoms. The van der Waals surface area contributed by atoms with Gasteiger partial charge in [0.05, 0.1) is 19.8 Å². The summed E-state index contributed by atoms with van der Waals surface area (Å²) < 4.78 is 12.0. The topological polar surface area (TPSA) is 87.6 Å². The predicted octanol–water partition coefficient (Wildman–Crippen LogP) is 2.61. The number of aromatic amines is 1. The van der Waals surface area contributed by atoms with E-state index in [4.69, 9.17) is 9.47 Å². The highest BCUT2D eigenvalue weighted by atomic mass is 16.5. The van der Waals surface area contributed by atoms with Crippen LogP contribution in [-0.2, 0) is 22.7 Å². The van der Waals surface area contributed by atoms with E-state index in [1.165, 1.54) is 0 Å². The van der Waals surface area contributed by atoms with Crippen LogP contribution in [0.1, 0.15) is 23.1 Å². The Morgan fingerprint density at radius 1 is 0.889 bits per heavy atom. The summed E-state index contributed by atoms with van der Waals surface area (Å²) in [7, 11) is 0. The van der Waals surface area contributed by atoms with Crippen LogP contribution in [0.5, 0.6) is 0 Å². The van der Waals surface area contributed by atoms with Gasteiger partial charge in [-0.2, -0.15) is 0 Å². The first-order chi connectivity index (χ1) is 13.3. The van der Waals surface area contributed by atoms with Gasteiger partial charge >= 0.3 is 0 Å². The van der Waals surface area contributed by atoms with Gasteiger partial charge in [0, 0.05) is 12.4 Å². The number of imidazole rings is 1. The maximum atomic E-state index is 10.4. The molecular weight excluding hydrogens is 344 g/mol. The van der Waals surface area contributed by atoms with Gasteiger partial charge < -0.3 is 24.7 Å². The van der Waals surface area contributed by atoms with Gasteiger partial charge in [0.1, 0.15) is 24.1 Å². The molecule has 1 aromatic heterocycles. The smallest absolute Gasteiger partial charge is 0.144 e. The first kappa shape index (κ1) is 19.3. The summed E-state index contributed by atoms with van der Waals surface area (Å²) in [6, 6.07) is 19.4. The molecule has 0 radical (unpaired) electrons. The first-order valence-corrected chi connectivity index (χ1v) is 8.87. The third-order valence-corrected chi connectivity index (χ3v) is 4.21. The highest BCUT2D eigenvalue weighted by Crippen LogP contribution is 2.26. The standard InChI is InChI=1S/C21H24N2O4/c24-13-18(25)19(26-14-16-7-3-1-4-8-16)20(21-22-11-12-23-21)27-15-17-9-5-2-6-10-17/h1-12,18-20,24-25H,13-15H2,(H,22,23)/t18-,19+,20-/m1/s1. The van der Waals surface area contributed by atoms with E-state index in [0.717, 1.165) is 11.1 Å². The van der Waals surface area contributed by atoms with Crippen LogP contribution >= 0.6 is 0 Å². The number of H-pyrrole nitrogens is 1. The van der Waals surface area contributed by atoms with Gasteiger partial charge in [-0.25, -0.2) is 4.98 Å². The van der Waals surface area contributed by atoms with E-state index in [2.05, 4.69) is 9.97 Å². The SMILES string of the molecule is OC[C@@H](O)[C@H](OCc1ccccc1)[C@@H](OCc1ccccc1)c1ncc[nH]1. The summed E-state index contributed by atoms with van der Waals surface area (Å²) in [5, 5.41) is 19.9. The summed E-state index contributed by atoms with van der Waals surface area (Å²) in [4.78, 5) is 7.29. The Balaban J connectivity index is 1.76. The molecule has 2 aromatic carbocycles. The minimum atomic E-state index is -1.11. The first-order valence-electron chi connectivity index (χ1n) is 8.87. The molecule has 0 aliphatic heterocycles. The van der Waals surface area contributed by atoms with Crippen LogP contribution in [-0.4, -0.2) is 39.0 Å². The Hall–Kier alpha value is -2.51. The lowest BCUT2D eigenvalue weighted by atomic mass is 10.1. The fraction of sp³-hybridized carbons (Fsp3) is 0.286. The largest absolute Gasteiger partial charge is 0.394 e. The molecule has 1 heterocycles. The quantitative estimate of drug-likeness (QED) is 0.512. The number of aliphatic hydroxyl groups is 2. The predicted molar refractivity (Wildman–Crippen MR) is 101 cm³/mol. The van der Waals surface area contributed by atoms with E-state index < -0.39 is 24.9 Å². The Morgan fingerprint density at radius 2 is 1.48 bits per heavy atom. The number of nitrogens with one attached hydrogen (secondary N) is 1. The molecule has 6 heteroatoms. The molecule has 0 unspecified atom stereocenters. The molecule has 0 aliphatic carbocycles. The fourth-order valence-electron chi connectivity index (χ4n) is 2.79. The summed E-state index contributed by atoms with van der Waals surface area (Å²) in [5.41, 5.74) is 1.96. The Bertz CT molecular complexity index is 765. The summed E-state index contributed by atoms with van der Waals surface area (Å²) in [6.07, 6.45) is 0.748. The van der Waals surface area contributed by atoms with Crippen LogP contribution in [0, 0.1) is 0 Å². The Labute approximate surface area is 158 Å². The van der Waals surface area contributed by atoms with Crippen LogP contribution in [0.25, 0.3) is 0 Å². The number of aliphatic hydroxyl groups excluding tert-OH is 2. The van der Waals surface area contributed by atoms with Gasteiger partial charge in [0.15, 0.2) is 0 Å². The van der Waals surface area contributed by atoms with E-state index in [1.54, 1.807) is 12.4 Å². The lowest BCUT2D eigenvalue weighted by molar-refractivity contribution is -0.145. The molecule has 27 heavy (non-hydrogen) atoms. The third-order valence-electron chi connectivity index (χ3n) is 4.21. The molecule has 3 aromatic rings. The summed E-state index contributed by atoms with van der Waals surface area (Å²) in [5.74, 6) is 0.538. The van der Waals surface area contributed by atoms with Crippen LogP contribution in [0.15, 0.2) is 73.1 Å². The van der Waals surface area contributed by atoms with Gasteiger partial charge in [-0.15, -0.1) is 0 Å². The average molecular weight is 368 g/mol. The van der Waals surface area contributed by atoms with Gasteiger partial charge in [-0.05, 0) is 11.1 Å². The van der Waals surface area contributed by atoms with Crippen molar-refractivity contribution in [3.63, 3.8) is 0 Å². The van der Waals surface area contributed by atoms with Crippen LogP contribution in [0.4, 0.5) is 0 Å². The molecule has 142 valence electrons. The van der Waals surface area contributed by atoms with Crippen molar-refractivity contribution in [1.29, 1.82) is 0 Å². The lowest BCUT2D eigenvalue weighted by Crippen LogP contribution is -2.39.